The minimum atomic E-state index is 0.657. The van der Waals surface area contributed by atoms with Crippen LogP contribution in [0.3, 0.4) is 0 Å². The molecule has 26 heavy (non-hydrogen) atoms. The van der Waals surface area contributed by atoms with E-state index in [2.05, 4.69) is 27.0 Å². The van der Waals surface area contributed by atoms with Crippen LogP contribution in [-0.2, 0) is 0 Å². The molecule has 0 bridgehead atoms. The Kier molecular flexibility index (Phi) is 4.96. The third kappa shape index (κ3) is 3.62. The summed E-state index contributed by atoms with van der Waals surface area (Å²) in [5.41, 5.74) is 2.98. The van der Waals surface area contributed by atoms with E-state index >= 15 is 0 Å². The number of hydrogen-bond donors (Lipinski definition) is 0. The summed E-state index contributed by atoms with van der Waals surface area (Å²) in [6.45, 7) is 0. The van der Waals surface area contributed by atoms with Gasteiger partial charge in [-0.15, -0.1) is 8.79 Å². The largest absolute Gasteiger partial charge is 0.208 e. The molecule has 3 nitrogen and oxygen atoms in total. The summed E-state index contributed by atoms with van der Waals surface area (Å²) in [5, 5.41) is 1.26. The Morgan fingerprint density at radius 3 is 1.50 bits per heavy atom. The SMILES string of the molecule is P[Si]c1cccc(-c2nc(-c3ccccc3)nc(-c3ccccc3)n2)c1. The van der Waals surface area contributed by atoms with Gasteiger partial charge in [-0.2, -0.15) is 0 Å². The average molecular weight is 369 g/mol. The summed E-state index contributed by atoms with van der Waals surface area (Å²) in [7, 11) is 3.44. The summed E-state index contributed by atoms with van der Waals surface area (Å²) < 4.78 is 0. The zero-order chi connectivity index (χ0) is 17.8. The van der Waals surface area contributed by atoms with E-state index in [0.717, 1.165) is 16.7 Å². The van der Waals surface area contributed by atoms with Gasteiger partial charge >= 0.3 is 0 Å². The number of benzene rings is 3. The van der Waals surface area contributed by atoms with Gasteiger partial charge in [0.1, 0.15) is 9.19 Å². The summed E-state index contributed by atoms with van der Waals surface area (Å²) in [6.07, 6.45) is 0. The maximum atomic E-state index is 4.75. The van der Waals surface area contributed by atoms with Gasteiger partial charge in [-0.1, -0.05) is 90.1 Å². The van der Waals surface area contributed by atoms with E-state index < -0.39 is 0 Å². The molecule has 0 aliphatic rings. The fourth-order valence-electron chi connectivity index (χ4n) is 2.69. The van der Waals surface area contributed by atoms with Crippen LogP contribution in [0.4, 0.5) is 0 Å². The lowest BCUT2D eigenvalue weighted by atomic mass is 10.1. The summed E-state index contributed by atoms with van der Waals surface area (Å²) in [6, 6.07) is 28.4. The molecule has 4 rings (SSSR count). The molecular weight excluding hydrogens is 353 g/mol. The fourth-order valence-corrected chi connectivity index (χ4v) is 3.66. The Bertz CT molecular complexity index is 966. The van der Waals surface area contributed by atoms with E-state index in [1.54, 1.807) is 0 Å². The minimum absolute atomic E-state index is 0.657. The van der Waals surface area contributed by atoms with Crippen LogP contribution in [0, 0.1) is 0 Å². The van der Waals surface area contributed by atoms with Crippen molar-refractivity contribution in [1.29, 1.82) is 0 Å². The Balaban J connectivity index is 1.90. The van der Waals surface area contributed by atoms with Gasteiger partial charge in [0.15, 0.2) is 17.5 Å². The van der Waals surface area contributed by atoms with Crippen molar-refractivity contribution >= 4 is 23.2 Å². The maximum absolute atomic E-state index is 4.75. The molecule has 4 aromatic rings. The molecule has 0 saturated heterocycles. The Morgan fingerprint density at radius 1 is 0.538 bits per heavy atom. The molecule has 0 saturated carbocycles. The van der Waals surface area contributed by atoms with Gasteiger partial charge in [0.25, 0.3) is 0 Å². The molecule has 0 amide bonds. The highest BCUT2D eigenvalue weighted by molar-refractivity contribution is 7.58. The van der Waals surface area contributed by atoms with Crippen LogP contribution in [-0.4, -0.2) is 24.1 Å². The second-order valence-corrected chi connectivity index (χ2v) is 7.50. The minimum Gasteiger partial charge on any atom is -0.208 e. The van der Waals surface area contributed by atoms with E-state index in [9.17, 15) is 0 Å². The van der Waals surface area contributed by atoms with E-state index in [0.29, 0.717) is 26.7 Å². The molecule has 1 heterocycles. The van der Waals surface area contributed by atoms with Crippen LogP contribution in [0.1, 0.15) is 0 Å². The monoisotopic (exact) mass is 369 g/mol. The van der Waals surface area contributed by atoms with Crippen molar-refractivity contribution < 1.29 is 0 Å². The van der Waals surface area contributed by atoms with E-state index in [1.807, 2.05) is 66.7 Å². The Labute approximate surface area is 157 Å². The fraction of sp³-hybridized carbons (Fsp3) is 0. The molecule has 0 fully saturated rings. The molecule has 0 aliphatic carbocycles. The molecule has 2 radical (unpaired) electrons. The smallest absolute Gasteiger partial charge is 0.164 e. The zero-order valence-corrected chi connectivity index (χ0v) is 16.2. The average Bonchev–Trinajstić information content (AvgIpc) is 2.75. The van der Waals surface area contributed by atoms with Gasteiger partial charge in [-0.25, -0.2) is 15.0 Å². The van der Waals surface area contributed by atoms with Gasteiger partial charge in [-0.05, 0) is 0 Å². The zero-order valence-electron chi connectivity index (χ0n) is 14.0. The van der Waals surface area contributed by atoms with Crippen LogP contribution >= 0.6 is 8.79 Å². The van der Waals surface area contributed by atoms with Crippen molar-refractivity contribution in [1.82, 2.24) is 15.0 Å². The van der Waals surface area contributed by atoms with Crippen molar-refractivity contribution in [3.05, 3.63) is 84.9 Å². The number of nitrogens with zero attached hydrogens (tertiary/aromatic N) is 3. The van der Waals surface area contributed by atoms with Crippen LogP contribution in [0.15, 0.2) is 84.9 Å². The lowest BCUT2D eigenvalue weighted by molar-refractivity contribution is 1.07. The Hall–Kier alpha value is -2.68. The molecule has 124 valence electrons. The second kappa shape index (κ2) is 7.69. The van der Waals surface area contributed by atoms with E-state index in [1.165, 1.54) is 5.19 Å². The first-order valence-electron chi connectivity index (χ1n) is 8.27. The molecule has 3 aromatic carbocycles. The van der Waals surface area contributed by atoms with Gasteiger partial charge in [-0.3, -0.25) is 0 Å². The normalized spacial score (nSPS) is 10.7. The first-order chi connectivity index (χ1) is 12.8. The summed E-state index contributed by atoms with van der Waals surface area (Å²) in [4.78, 5) is 14.2. The molecular formula is C21H16N3PSi. The van der Waals surface area contributed by atoms with Crippen molar-refractivity contribution in [3.63, 3.8) is 0 Å². The third-order valence-corrected chi connectivity index (χ3v) is 5.63. The van der Waals surface area contributed by atoms with E-state index in [-0.39, 0.29) is 0 Å². The van der Waals surface area contributed by atoms with Crippen molar-refractivity contribution in [2.45, 2.75) is 0 Å². The first-order valence-corrected chi connectivity index (χ1v) is 11.1. The van der Waals surface area contributed by atoms with Crippen LogP contribution in [0.5, 0.6) is 0 Å². The van der Waals surface area contributed by atoms with Crippen LogP contribution in [0.2, 0.25) is 0 Å². The highest BCUT2D eigenvalue weighted by Gasteiger charge is 2.12. The first kappa shape index (κ1) is 16.8. The number of rotatable bonds is 4. The predicted octanol–water partition coefficient (Wildman–Crippen LogP) is 3.99. The van der Waals surface area contributed by atoms with Crippen LogP contribution < -0.4 is 5.19 Å². The molecule has 1 unspecified atom stereocenters. The van der Waals surface area contributed by atoms with E-state index in [4.69, 9.17) is 15.0 Å². The lowest BCUT2D eigenvalue weighted by Crippen LogP contribution is -2.08. The Morgan fingerprint density at radius 2 is 1.00 bits per heavy atom. The van der Waals surface area contributed by atoms with Crippen molar-refractivity contribution in [2.24, 2.45) is 0 Å². The maximum Gasteiger partial charge on any atom is 0.164 e. The molecule has 0 N–H and O–H groups in total. The number of aromatic nitrogens is 3. The second-order valence-electron chi connectivity index (χ2n) is 5.76. The lowest BCUT2D eigenvalue weighted by Gasteiger charge is -2.09. The highest BCUT2D eigenvalue weighted by Crippen LogP contribution is 2.23. The molecule has 5 heteroatoms. The molecule has 1 atom stereocenters. The predicted molar refractivity (Wildman–Crippen MR) is 111 cm³/mol. The molecule has 1 aromatic heterocycles. The highest BCUT2D eigenvalue weighted by atomic mass is 31.3. The molecule has 0 aliphatic heterocycles. The van der Waals surface area contributed by atoms with Gasteiger partial charge in [0, 0.05) is 16.7 Å². The number of hydrogen-bond acceptors (Lipinski definition) is 3. The summed E-state index contributed by atoms with van der Waals surface area (Å²) in [5.74, 6) is 2.07. The molecule has 0 spiro atoms. The van der Waals surface area contributed by atoms with Gasteiger partial charge < -0.3 is 0 Å². The summed E-state index contributed by atoms with van der Waals surface area (Å²) >= 11 is 0. The standard InChI is InChI=1S/C21H16N3PSi/c25-26-18-13-7-12-17(14-18)21-23-19(15-8-3-1-4-9-15)22-20(24-21)16-10-5-2-6-11-16/h1-14H,25H2. The van der Waals surface area contributed by atoms with Gasteiger partial charge in [0.05, 0.1) is 0 Å². The third-order valence-electron chi connectivity index (χ3n) is 3.99. The topological polar surface area (TPSA) is 38.7 Å². The van der Waals surface area contributed by atoms with Gasteiger partial charge in [0.2, 0.25) is 0 Å². The van der Waals surface area contributed by atoms with Crippen LogP contribution in [0.25, 0.3) is 34.2 Å². The quantitative estimate of drug-likeness (QED) is 0.403. The van der Waals surface area contributed by atoms with Crippen molar-refractivity contribution in [2.75, 3.05) is 0 Å². The van der Waals surface area contributed by atoms with Crippen molar-refractivity contribution in [3.8, 4) is 34.2 Å².